The number of hydrogen-bond donors (Lipinski definition) is 0. The highest BCUT2D eigenvalue weighted by Gasteiger charge is 2.26. The minimum atomic E-state index is -0.552. The molecule has 3 rings (SSSR count). The third-order valence-electron chi connectivity index (χ3n) is 3.70. The lowest BCUT2D eigenvalue weighted by Crippen LogP contribution is -2.15. The van der Waals surface area contributed by atoms with Gasteiger partial charge in [0.05, 0.1) is 16.7 Å². The fourth-order valence-electron chi connectivity index (χ4n) is 2.51. The van der Waals surface area contributed by atoms with E-state index in [0.717, 1.165) is 16.9 Å². The van der Waals surface area contributed by atoms with Gasteiger partial charge in [0.2, 0.25) is 6.29 Å². The van der Waals surface area contributed by atoms with Crippen molar-refractivity contribution in [2.24, 2.45) is 0 Å². The summed E-state index contributed by atoms with van der Waals surface area (Å²) in [5.74, 6) is 1.40. The molecule has 0 unspecified atom stereocenters. The highest BCUT2D eigenvalue weighted by molar-refractivity contribution is 5.85. The molecule has 0 saturated heterocycles. The van der Waals surface area contributed by atoms with Gasteiger partial charge in [0, 0.05) is 12.7 Å². The largest absolute Gasteiger partial charge is 0.465 e. The molecule has 1 atom stereocenters. The van der Waals surface area contributed by atoms with Crippen molar-refractivity contribution < 1.29 is 13.9 Å². The van der Waals surface area contributed by atoms with Crippen molar-refractivity contribution in [3.63, 3.8) is 0 Å². The molecule has 0 radical (unpaired) electrons. The van der Waals surface area contributed by atoms with Crippen molar-refractivity contribution in [1.29, 1.82) is 0 Å². The molecule has 20 heavy (non-hydrogen) atoms. The summed E-state index contributed by atoms with van der Waals surface area (Å²) in [7, 11) is 1.57. The lowest BCUT2D eigenvalue weighted by molar-refractivity contribution is -0.0980. The van der Waals surface area contributed by atoms with Crippen molar-refractivity contribution in [2.75, 3.05) is 7.11 Å². The van der Waals surface area contributed by atoms with Gasteiger partial charge < -0.3 is 13.9 Å². The first kappa shape index (κ1) is 12.9. The molecule has 1 aliphatic heterocycles. The average molecular weight is 272 g/mol. The van der Waals surface area contributed by atoms with Gasteiger partial charge in [-0.3, -0.25) is 4.79 Å². The van der Waals surface area contributed by atoms with Crippen molar-refractivity contribution in [2.45, 2.75) is 27.1 Å². The maximum Gasteiger partial charge on any atom is 0.230 e. The molecule has 0 amide bonds. The van der Waals surface area contributed by atoms with E-state index < -0.39 is 6.29 Å². The number of aryl methyl sites for hydroxylation is 1. The van der Waals surface area contributed by atoms with Crippen LogP contribution in [0.2, 0.25) is 0 Å². The fourth-order valence-corrected chi connectivity index (χ4v) is 2.51. The molecule has 4 heteroatoms. The molecule has 104 valence electrons. The second kappa shape index (κ2) is 4.49. The zero-order valence-electron chi connectivity index (χ0n) is 11.9. The van der Waals surface area contributed by atoms with E-state index in [2.05, 4.69) is 0 Å². The van der Waals surface area contributed by atoms with E-state index >= 15 is 0 Å². The van der Waals surface area contributed by atoms with E-state index in [1.54, 1.807) is 27.0 Å². The van der Waals surface area contributed by atoms with Gasteiger partial charge in [-0.15, -0.1) is 0 Å². The highest BCUT2D eigenvalue weighted by atomic mass is 16.7. The Kier molecular flexibility index (Phi) is 2.91. The average Bonchev–Trinajstić information content (AvgIpc) is 2.43. The summed E-state index contributed by atoms with van der Waals surface area (Å²) >= 11 is 0. The molecule has 0 N–H and O–H groups in total. The van der Waals surface area contributed by atoms with Gasteiger partial charge in [0.15, 0.2) is 5.43 Å². The van der Waals surface area contributed by atoms with Crippen LogP contribution in [0.5, 0.6) is 0 Å². The van der Waals surface area contributed by atoms with Crippen LogP contribution in [0.15, 0.2) is 27.1 Å². The van der Waals surface area contributed by atoms with Crippen LogP contribution in [0, 0.1) is 13.8 Å². The van der Waals surface area contributed by atoms with Crippen molar-refractivity contribution in [3.05, 3.63) is 50.6 Å². The first-order valence-corrected chi connectivity index (χ1v) is 6.47. The SMILES string of the molecule is CO[C@@H]1OC(C)=Cc2ccc3c(=O)c(C)c(C)oc3c21. The summed E-state index contributed by atoms with van der Waals surface area (Å²) in [6.45, 7) is 5.44. The monoisotopic (exact) mass is 272 g/mol. The smallest absolute Gasteiger partial charge is 0.230 e. The van der Waals surface area contributed by atoms with Crippen molar-refractivity contribution in [3.8, 4) is 0 Å². The molecular formula is C16H16O4. The number of allylic oxidation sites excluding steroid dienone is 1. The van der Waals surface area contributed by atoms with Crippen molar-refractivity contribution in [1.82, 2.24) is 0 Å². The van der Waals surface area contributed by atoms with E-state index in [0.29, 0.717) is 22.3 Å². The topological polar surface area (TPSA) is 48.7 Å². The quantitative estimate of drug-likeness (QED) is 0.797. The Morgan fingerprint density at radius 2 is 1.95 bits per heavy atom. The second-order valence-corrected chi connectivity index (χ2v) is 5.00. The van der Waals surface area contributed by atoms with Crippen LogP contribution in [0.4, 0.5) is 0 Å². The molecule has 0 saturated carbocycles. The third-order valence-corrected chi connectivity index (χ3v) is 3.70. The van der Waals surface area contributed by atoms with Gasteiger partial charge in [-0.25, -0.2) is 0 Å². The molecule has 2 aromatic rings. The Morgan fingerprint density at radius 1 is 1.20 bits per heavy atom. The van der Waals surface area contributed by atoms with E-state index in [4.69, 9.17) is 13.9 Å². The van der Waals surface area contributed by atoms with Gasteiger partial charge in [-0.2, -0.15) is 0 Å². The van der Waals surface area contributed by atoms with Crippen LogP contribution in [-0.2, 0) is 9.47 Å². The van der Waals surface area contributed by atoms with Crippen LogP contribution >= 0.6 is 0 Å². The number of benzene rings is 1. The van der Waals surface area contributed by atoms with Gasteiger partial charge in [0.25, 0.3) is 0 Å². The van der Waals surface area contributed by atoms with Crippen LogP contribution in [0.1, 0.15) is 35.7 Å². The maximum atomic E-state index is 12.3. The molecule has 1 aromatic carbocycles. The highest BCUT2D eigenvalue weighted by Crippen LogP contribution is 2.36. The summed E-state index contributed by atoms with van der Waals surface area (Å²) in [6, 6.07) is 3.70. The van der Waals surface area contributed by atoms with Crippen LogP contribution < -0.4 is 5.43 Å². The molecule has 0 aliphatic carbocycles. The molecule has 1 aromatic heterocycles. The van der Waals surface area contributed by atoms with E-state index in [-0.39, 0.29) is 5.43 Å². The number of hydrogen-bond acceptors (Lipinski definition) is 4. The number of ether oxygens (including phenoxy) is 2. The molecular weight excluding hydrogens is 256 g/mol. The Morgan fingerprint density at radius 3 is 2.65 bits per heavy atom. The standard InChI is InChI=1S/C16H16O4/c1-8-7-11-5-6-12-14(17)9(2)10(3)20-15(12)13(11)16(18-4)19-8/h5-7,16H,1-4H3/t16-/m1/s1. The maximum absolute atomic E-state index is 12.3. The van der Waals surface area contributed by atoms with Crippen LogP contribution in [-0.4, -0.2) is 7.11 Å². The summed E-state index contributed by atoms with van der Waals surface area (Å²) in [5.41, 5.74) is 2.91. The zero-order valence-corrected chi connectivity index (χ0v) is 11.9. The summed E-state index contributed by atoms with van der Waals surface area (Å²) < 4.78 is 16.9. The minimum Gasteiger partial charge on any atom is -0.465 e. The second-order valence-electron chi connectivity index (χ2n) is 5.00. The van der Waals surface area contributed by atoms with Gasteiger partial charge >= 0.3 is 0 Å². The Labute approximate surface area is 116 Å². The molecule has 2 heterocycles. The minimum absolute atomic E-state index is 0.00678. The van der Waals surface area contributed by atoms with Gasteiger partial charge in [-0.1, -0.05) is 6.07 Å². The molecule has 1 aliphatic rings. The van der Waals surface area contributed by atoms with Crippen LogP contribution in [0.25, 0.3) is 17.0 Å². The number of fused-ring (bicyclic) bond motifs is 3. The number of rotatable bonds is 1. The predicted octanol–water partition coefficient (Wildman–Crippen LogP) is 3.45. The lowest BCUT2D eigenvalue weighted by atomic mass is 9.99. The normalized spacial score (nSPS) is 17.6. The van der Waals surface area contributed by atoms with Crippen LogP contribution in [0.3, 0.4) is 0 Å². The van der Waals surface area contributed by atoms with E-state index in [1.807, 2.05) is 19.1 Å². The summed E-state index contributed by atoms with van der Waals surface area (Å²) in [4.78, 5) is 12.3. The molecule has 0 fully saturated rings. The Balaban J connectivity index is 2.44. The van der Waals surface area contributed by atoms with E-state index in [1.165, 1.54) is 0 Å². The molecule has 0 spiro atoms. The first-order valence-electron chi connectivity index (χ1n) is 6.47. The van der Waals surface area contributed by atoms with E-state index in [9.17, 15) is 4.79 Å². The number of methoxy groups -OCH3 is 1. The van der Waals surface area contributed by atoms with Crippen molar-refractivity contribution >= 4 is 17.0 Å². The predicted molar refractivity (Wildman–Crippen MR) is 76.4 cm³/mol. The molecule has 4 nitrogen and oxygen atoms in total. The fraction of sp³-hybridized carbons (Fsp3) is 0.312. The lowest BCUT2D eigenvalue weighted by Gasteiger charge is -2.25. The summed E-state index contributed by atoms with van der Waals surface area (Å²) in [5, 5.41) is 0.561. The van der Waals surface area contributed by atoms with Gasteiger partial charge in [0.1, 0.15) is 11.3 Å². The third kappa shape index (κ3) is 1.76. The Bertz CT molecular complexity index is 783. The molecule has 0 bridgehead atoms. The van der Waals surface area contributed by atoms with Gasteiger partial charge in [-0.05, 0) is 38.5 Å². The first-order chi connectivity index (χ1) is 9.52. The zero-order chi connectivity index (χ0) is 14.4. The Hall–Kier alpha value is -2.07. The summed E-state index contributed by atoms with van der Waals surface area (Å²) in [6.07, 6.45) is 1.36.